The molecule has 0 bridgehead atoms. The second kappa shape index (κ2) is 4.00. The Labute approximate surface area is 116 Å². The van der Waals surface area contributed by atoms with Gasteiger partial charge in [-0.05, 0) is 46.9 Å². The number of hydrogen-bond donors (Lipinski definition) is 0. The average molecular weight is 387 g/mol. The van der Waals surface area contributed by atoms with Gasteiger partial charge in [0.15, 0.2) is 0 Å². The zero-order valence-electron chi connectivity index (χ0n) is 8.32. The van der Waals surface area contributed by atoms with Gasteiger partial charge in [0.05, 0.1) is 12.2 Å². The number of rotatable bonds is 0. The van der Waals surface area contributed by atoms with Crippen LogP contribution in [0.5, 0.6) is 0 Å². The number of amidine groups is 1. The summed E-state index contributed by atoms with van der Waals surface area (Å²) in [7, 11) is 0. The van der Waals surface area contributed by atoms with E-state index in [1.54, 1.807) is 0 Å². The number of hydrogen-bond acceptors (Lipinski definition) is 2. The van der Waals surface area contributed by atoms with Crippen molar-refractivity contribution >= 4 is 50.0 Å². The van der Waals surface area contributed by atoms with E-state index in [2.05, 4.69) is 66.7 Å². The molecule has 0 N–H and O–H groups in total. The maximum atomic E-state index is 4.66. The molecule has 2 nitrogen and oxygen atoms in total. The predicted molar refractivity (Wildman–Crippen MR) is 77.8 cm³/mol. The molecule has 2 aliphatic heterocycles. The van der Waals surface area contributed by atoms with E-state index in [-0.39, 0.29) is 0 Å². The SMILES string of the molecule is Brc1cc(I)c2c(c1)N=C1C=CC=CN1C2. The normalized spacial score (nSPS) is 16.9. The molecule has 2 aliphatic rings. The standard InChI is InChI=1S/C12H8BrIN2/c13-8-5-10(14)9-7-16-4-2-1-3-12(16)15-11(9)6-8/h1-6H,7H2. The molecule has 0 fully saturated rings. The second-order valence-electron chi connectivity index (χ2n) is 3.68. The summed E-state index contributed by atoms with van der Waals surface area (Å²) in [4.78, 5) is 6.82. The van der Waals surface area contributed by atoms with Crippen LogP contribution in [0.15, 0.2) is 46.0 Å². The monoisotopic (exact) mass is 386 g/mol. The van der Waals surface area contributed by atoms with E-state index >= 15 is 0 Å². The molecule has 0 amide bonds. The van der Waals surface area contributed by atoms with Gasteiger partial charge in [0.25, 0.3) is 0 Å². The van der Waals surface area contributed by atoms with E-state index in [1.165, 1.54) is 9.13 Å². The molecule has 0 saturated carbocycles. The van der Waals surface area contributed by atoms with Gasteiger partial charge in [-0.1, -0.05) is 22.0 Å². The van der Waals surface area contributed by atoms with Crippen LogP contribution in [0.1, 0.15) is 5.56 Å². The first-order valence-electron chi connectivity index (χ1n) is 4.92. The fourth-order valence-corrected chi connectivity index (χ4v) is 3.50. The molecule has 0 aromatic heterocycles. The molecule has 0 atom stereocenters. The van der Waals surface area contributed by atoms with E-state index in [0.717, 1.165) is 22.5 Å². The highest BCUT2D eigenvalue weighted by Crippen LogP contribution is 2.34. The molecule has 2 heterocycles. The Morgan fingerprint density at radius 1 is 1.31 bits per heavy atom. The van der Waals surface area contributed by atoms with Crippen molar-refractivity contribution in [2.45, 2.75) is 6.54 Å². The Hall–Kier alpha value is -0.620. The van der Waals surface area contributed by atoms with Gasteiger partial charge in [-0.25, -0.2) is 4.99 Å². The highest BCUT2D eigenvalue weighted by molar-refractivity contribution is 14.1. The van der Waals surface area contributed by atoms with Gasteiger partial charge < -0.3 is 4.90 Å². The van der Waals surface area contributed by atoms with Crippen LogP contribution in [-0.4, -0.2) is 10.7 Å². The minimum absolute atomic E-state index is 0.903. The number of aliphatic imine (C=N–C) groups is 1. The number of nitrogens with zero attached hydrogens (tertiary/aromatic N) is 2. The van der Waals surface area contributed by atoms with Gasteiger partial charge in [0.1, 0.15) is 5.84 Å². The molecular formula is C12H8BrIN2. The summed E-state index contributed by atoms with van der Waals surface area (Å²) in [6.45, 7) is 0.903. The van der Waals surface area contributed by atoms with Crippen LogP contribution in [0.2, 0.25) is 0 Å². The first-order chi connectivity index (χ1) is 7.74. The summed E-state index contributed by atoms with van der Waals surface area (Å²) >= 11 is 5.87. The molecular weight excluding hydrogens is 379 g/mol. The van der Waals surface area contributed by atoms with Crippen molar-refractivity contribution in [1.29, 1.82) is 0 Å². The number of halogens is 2. The van der Waals surface area contributed by atoms with E-state index in [0.29, 0.717) is 0 Å². The fourth-order valence-electron chi connectivity index (χ4n) is 1.84. The summed E-state index contributed by atoms with van der Waals surface area (Å²) in [6, 6.07) is 4.21. The summed E-state index contributed by atoms with van der Waals surface area (Å²) in [6.07, 6.45) is 8.16. The van der Waals surface area contributed by atoms with Crippen LogP contribution in [0, 0.1) is 3.57 Å². The lowest BCUT2D eigenvalue weighted by Gasteiger charge is -2.28. The first kappa shape index (κ1) is 10.5. The molecule has 0 unspecified atom stereocenters. The largest absolute Gasteiger partial charge is 0.328 e. The third-order valence-electron chi connectivity index (χ3n) is 2.62. The average Bonchev–Trinajstić information content (AvgIpc) is 2.27. The minimum Gasteiger partial charge on any atom is -0.328 e. The summed E-state index contributed by atoms with van der Waals surface area (Å²) in [5.41, 5.74) is 2.37. The van der Waals surface area contributed by atoms with Gasteiger partial charge in [0.2, 0.25) is 0 Å². The van der Waals surface area contributed by atoms with Crippen molar-refractivity contribution < 1.29 is 0 Å². The lowest BCUT2D eigenvalue weighted by molar-refractivity contribution is 0.542. The molecule has 0 radical (unpaired) electrons. The zero-order chi connectivity index (χ0) is 11.1. The predicted octanol–water partition coefficient (Wildman–Crippen LogP) is 3.98. The van der Waals surface area contributed by atoms with Crippen LogP contribution in [0.3, 0.4) is 0 Å². The molecule has 0 aliphatic carbocycles. The molecule has 1 aromatic carbocycles. The van der Waals surface area contributed by atoms with Crippen molar-refractivity contribution in [3.63, 3.8) is 0 Å². The lowest BCUT2D eigenvalue weighted by atomic mass is 10.1. The highest BCUT2D eigenvalue weighted by atomic mass is 127. The summed E-state index contributed by atoms with van der Waals surface area (Å²) in [5.74, 6) is 1.02. The second-order valence-corrected chi connectivity index (χ2v) is 5.76. The third-order valence-corrected chi connectivity index (χ3v) is 4.04. The Morgan fingerprint density at radius 3 is 3.06 bits per heavy atom. The molecule has 3 rings (SSSR count). The van der Waals surface area contributed by atoms with Crippen LogP contribution in [-0.2, 0) is 6.54 Å². The van der Waals surface area contributed by atoms with Gasteiger partial charge in [-0.2, -0.15) is 0 Å². The number of benzene rings is 1. The molecule has 0 saturated heterocycles. The van der Waals surface area contributed by atoms with Gasteiger partial charge in [-0.3, -0.25) is 0 Å². The van der Waals surface area contributed by atoms with Crippen molar-refractivity contribution in [2.24, 2.45) is 4.99 Å². The fraction of sp³-hybridized carbons (Fsp3) is 0.0833. The van der Waals surface area contributed by atoms with Gasteiger partial charge in [0, 0.05) is 19.8 Å². The molecule has 16 heavy (non-hydrogen) atoms. The third kappa shape index (κ3) is 1.73. The van der Waals surface area contributed by atoms with E-state index < -0.39 is 0 Å². The van der Waals surface area contributed by atoms with Crippen molar-refractivity contribution in [1.82, 2.24) is 4.90 Å². The van der Waals surface area contributed by atoms with Gasteiger partial charge >= 0.3 is 0 Å². The number of allylic oxidation sites excluding steroid dienone is 2. The van der Waals surface area contributed by atoms with Crippen molar-refractivity contribution in [3.8, 4) is 0 Å². The first-order valence-corrected chi connectivity index (χ1v) is 6.79. The quantitative estimate of drug-likeness (QED) is 0.615. The Morgan fingerprint density at radius 2 is 2.19 bits per heavy atom. The number of fused-ring (bicyclic) bond motifs is 2. The molecule has 0 spiro atoms. The van der Waals surface area contributed by atoms with Crippen molar-refractivity contribution in [3.05, 3.63) is 50.2 Å². The van der Waals surface area contributed by atoms with E-state index in [4.69, 9.17) is 0 Å². The smallest absolute Gasteiger partial charge is 0.133 e. The van der Waals surface area contributed by atoms with Crippen LogP contribution in [0.25, 0.3) is 0 Å². The van der Waals surface area contributed by atoms with Crippen LogP contribution >= 0.6 is 38.5 Å². The zero-order valence-corrected chi connectivity index (χ0v) is 12.1. The summed E-state index contributed by atoms with van der Waals surface area (Å²) < 4.78 is 2.34. The summed E-state index contributed by atoms with van der Waals surface area (Å²) in [5, 5.41) is 0. The van der Waals surface area contributed by atoms with E-state index in [1.807, 2.05) is 18.2 Å². The van der Waals surface area contributed by atoms with Gasteiger partial charge in [-0.15, -0.1) is 0 Å². The Kier molecular flexibility index (Phi) is 2.63. The minimum atomic E-state index is 0.903. The maximum Gasteiger partial charge on any atom is 0.133 e. The van der Waals surface area contributed by atoms with Crippen LogP contribution < -0.4 is 0 Å². The van der Waals surface area contributed by atoms with Crippen LogP contribution in [0.4, 0.5) is 5.69 Å². The highest BCUT2D eigenvalue weighted by Gasteiger charge is 2.19. The molecule has 80 valence electrons. The van der Waals surface area contributed by atoms with Crippen molar-refractivity contribution in [2.75, 3.05) is 0 Å². The Bertz CT molecular complexity index is 546. The van der Waals surface area contributed by atoms with E-state index in [9.17, 15) is 0 Å². The maximum absolute atomic E-state index is 4.66. The molecule has 1 aromatic rings. The Balaban J connectivity index is 2.17. The topological polar surface area (TPSA) is 15.6 Å². The lowest BCUT2D eigenvalue weighted by Crippen LogP contribution is -2.28. The molecule has 4 heteroatoms.